The Hall–Kier alpha value is -0.570. The fourth-order valence-corrected chi connectivity index (χ4v) is 1.84. The number of unbranched alkanes of at least 4 members (excludes halogenated alkanes) is 7. The van der Waals surface area contributed by atoms with Crippen LogP contribution < -0.4 is 5.32 Å². The van der Waals surface area contributed by atoms with Crippen LogP contribution in [0, 0.1) is 0 Å². The largest absolute Gasteiger partial charge is 0.481 e. The minimum absolute atomic E-state index is 0.335. The normalized spacial score (nSPS) is 10.6. The molecule has 0 aliphatic heterocycles. The van der Waals surface area contributed by atoms with Crippen LogP contribution in [0.5, 0.6) is 0 Å². The quantitative estimate of drug-likeness (QED) is 0.486. The van der Waals surface area contributed by atoms with E-state index in [9.17, 15) is 4.79 Å². The van der Waals surface area contributed by atoms with Crippen LogP contribution in [-0.4, -0.2) is 24.2 Å². The average Bonchev–Trinajstić information content (AvgIpc) is 2.30. The lowest BCUT2D eigenvalue weighted by molar-refractivity contribution is -0.137. The first-order valence-corrected chi connectivity index (χ1v) is 7.20. The maximum atomic E-state index is 10.3. The fraction of sp³-hybridized carbons (Fsp3) is 0.929. The van der Waals surface area contributed by atoms with Gasteiger partial charge in [0.05, 0.1) is 0 Å². The van der Waals surface area contributed by atoms with Crippen molar-refractivity contribution >= 4 is 5.97 Å². The van der Waals surface area contributed by atoms with Crippen molar-refractivity contribution in [2.75, 3.05) is 13.1 Å². The second-order valence-corrected chi connectivity index (χ2v) is 4.72. The van der Waals surface area contributed by atoms with E-state index in [-0.39, 0.29) is 0 Å². The van der Waals surface area contributed by atoms with Crippen LogP contribution >= 0.6 is 0 Å². The minimum Gasteiger partial charge on any atom is -0.481 e. The van der Waals surface area contributed by atoms with Crippen molar-refractivity contribution in [3.8, 4) is 0 Å². The summed E-state index contributed by atoms with van der Waals surface area (Å²) in [5, 5.41) is 11.9. The summed E-state index contributed by atoms with van der Waals surface area (Å²) in [4.78, 5) is 10.3. The van der Waals surface area contributed by atoms with Gasteiger partial charge in [-0.15, -0.1) is 0 Å². The van der Waals surface area contributed by atoms with Gasteiger partial charge in [0.15, 0.2) is 0 Å². The second-order valence-electron chi connectivity index (χ2n) is 4.72. The molecule has 17 heavy (non-hydrogen) atoms. The first-order valence-electron chi connectivity index (χ1n) is 7.20. The highest BCUT2D eigenvalue weighted by Gasteiger charge is 1.96. The molecule has 0 aliphatic carbocycles. The number of carboxylic acid groups (broad SMARTS) is 1. The Morgan fingerprint density at radius 1 is 0.882 bits per heavy atom. The van der Waals surface area contributed by atoms with Crippen molar-refractivity contribution in [2.45, 2.75) is 71.1 Å². The maximum Gasteiger partial charge on any atom is 0.303 e. The molecule has 0 saturated heterocycles. The molecule has 0 heterocycles. The molecular weight excluding hydrogens is 214 g/mol. The van der Waals surface area contributed by atoms with E-state index in [0.717, 1.165) is 25.9 Å². The van der Waals surface area contributed by atoms with Crippen molar-refractivity contribution in [3.05, 3.63) is 0 Å². The van der Waals surface area contributed by atoms with Crippen molar-refractivity contribution < 1.29 is 9.90 Å². The molecule has 0 rings (SSSR count). The summed E-state index contributed by atoms with van der Waals surface area (Å²) in [7, 11) is 0. The van der Waals surface area contributed by atoms with Crippen LogP contribution in [0.15, 0.2) is 0 Å². The molecule has 0 fully saturated rings. The Balaban J connectivity index is 2.91. The SMILES string of the molecule is CCCCNCCCCCCCCCC(=O)O. The van der Waals surface area contributed by atoms with Crippen LogP contribution in [0.2, 0.25) is 0 Å². The number of carboxylic acids is 1. The zero-order chi connectivity index (χ0) is 12.8. The summed E-state index contributed by atoms with van der Waals surface area (Å²) in [5.41, 5.74) is 0. The van der Waals surface area contributed by atoms with E-state index in [0.29, 0.717) is 6.42 Å². The predicted molar refractivity (Wildman–Crippen MR) is 72.3 cm³/mol. The van der Waals surface area contributed by atoms with E-state index in [1.165, 1.54) is 44.9 Å². The molecule has 0 saturated carbocycles. The molecule has 0 atom stereocenters. The molecule has 0 amide bonds. The summed E-state index contributed by atoms with van der Waals surface area (Å²) in [6.45, 7) is 4.52. The molecule has 0 aromatic rings. The fourth-order valence-electron chi connectivity index (χ4n) is 1.84. The molecule has 0 radical (unpaired) electrons. The molecule has 102 valence electrons. The summed E-state index contributed by atoms with van der Waals surface area (Å²) in [6.07, 6.45) is 11.1. The van der Waals surface area contributed by atoms with E-state index >= 15 is 0 Å². The molecule has 3 heteroatoms. The van der Waals surface area contributed by atoms with Gasteiger partial charge in [-0.25, -0.2) is 0 Å². The van der Waals surface area contributed by atoms with Crippen molar-refractivity contribution in [1.82, 2.24) is 5.32 Å². The standard InChI is InChI=1S/C14H29NO2/c1-2-3-12-15-13-10-8-6-4-5-7-9-11-14(16)17/h15H,2-13H2,1H3,(H,16,17). The van der Waals surface area contributed by atoms with E-state index in [4.69, 9.17) is 5.11 Å². The Kier molecular flexibility index (Phi) is 13.0. The Morgan fingerprint density at radius 2 is 1.41 bits per heavy atom. The molecule has 3 nitrogen and oxygen atoms in total. The lowest BCUT2D eigenvalue weighted by Crippen LogP contribution is -2.16. The summed E-state index contributed by atoms with van der Waals surface area (Å²) < 4.78 is 0. The summed E-state index contributed by atoms with van der Waals surface area (Å²) in [6, 6.07) is 0. The molecule has 0 aromatic carbocycles. The third-order valence-corrected chi connectivity index (χ3v) is 2.95. The van der Waals surface area contributed by atoms with Gasteiger partial charge in [0.1, 0.15) is 0 Å². The summed E-state index contributed by atoms with van der Waals surface area (Å²) >= 11 is 0. The lowest BCUT2D eigenvalue weighted by atomic mass is 10.1. The van der Waals surface area contributed by atoms with Crippen LogP contribution in [-0.2, 0) is 4.79 Å². The minimum atomic E-state index is -0.664. The number of hydrogen-bond donors (Lipinski definition) is 2. The second kappa shape index (κ2) is 13.5. The number of rotatable bonds is 13. The highest BCUT2D eigenvalue weighted by Crippen LogP contribution is 2.08. The van der Waals surface area contributed by atoms with Gasteiger partial charge in [-0.05, 0) is 32.4 Å². The molecule has 0 spiro atoms. The van der Waals surface area contributed by atoms with Crippen LogP contribution in [0.25, 0.3) is 0 Å². The van der Waals surface area contributed by atoms with Crippen LogP contribution in [0.3, 0.4) is 0 Å². The number of nitrogens with one attached hydrogen (secondary N) is 1. The number of hydrogen-bond acceptors (Lipinski definition) is 2. The van der Waals surface area contributed by atoms with E-state index in [1.807, 2.05) is 0 Å². The van der Waals surface area contributed by atoms with Gasteiger partial charge >= 0.3 is 5.97 Å². The topological polar surface area (TPSA) is 49.3 Å². The van der Waals surface area contributed by atoms with Gasteiger partial charge < -0.3 is 10.4 Å². The van der Waals surface area contributed by atoms with Gasteiger partial charge in [0.25, 0.3) is 0 Å². The maximum absolute atomic E-state index is 10.3. The van der Waals surface area contributed by atoms with Gasteiger partial charge in [-0.3, -0.25) is 4.79 Å². The molecule has 0 aromatic heterocycles. The predicted octanol–water partition coefficient (Wildman–Crippen LogP) is 3.58. The molecular formula is C14H29NO2. The Bertz CT molecular complexity index is 172. The van der Waals surface area contributed by atoms with Gasteiger partial charge in [-0.2, -0.15) is 0 Å². The van der Waals surface area contributed by atoms with Crippen molar-refractivity contribution in [1.29, 1.82) is 0 Å². The molecule has 0 bridgehead atoms. The highest BCUT2D eigenvalue weighted by molar-refractivity contribution is 5.66. The van der Waals surface area contributed by atoms with Gasteiger partial charge in [-0.1, -0.05) is 45.4 Å². The number of carbonyl (C=O) groups is 1. The average molecular weight is 243 g/mol. The van der Waals surface area contributed by atoms with Crippen molar-refractivity contribution in [3.63, 3.8) is 0 Å². The zero-order valence-corrected chi connectivity index (χ0v) is 11.3. The number of aliphatic carboxylic acids is 1. The van der Waals surface area contributed by atoms with Crippen LogP contribution in [0.1, 0.15) is 71.1 Å². The Labute approximate surface area is 106 Å². The van der Waals surface area contributed by atoms with E-state index in [1.54, 1.807) is 0 Å². The highest BCUT2D eigenvalue weighted by atomic mass is 16.4. The smallest absolute Gasteiger partial charge is 0.303 e. The summed E-state index contributed by atoms with van der Waals surface area (Å²) in [5.74, 6) is -0.664. The van der Waals surface area contributed by atoms with Gasteiger partial charge in [0.2, 0.25) is 0 Å². The molecule has 2 N–H and O–H groups in total. The zero-order valence-electron chi connectivity index (χ0n) is 11.3. The molecule has 0 aliphatic rings. The third-order valence-electron chi connectivity index (χ3n) is 2.95. The van der Waals surface area contributed by atoms with Crippen molar-refractivity contribution in [2.24, 2.45) is 0 Å². The monoisotopic (exact) mass is 243 g/mol. The lowest BCUT2D eigenvalue weighted by Gasteiger charge is -2.03. The Morgan fingerprint density at radius 3 is 2.00 bits per heavy atom. The van der Waals surface area contributed by atoms with Gasteiger partial charge in [0, 0.05) is 6.42 Å². The first kappa shape index (κ1) is 16.4. The first-order chi connectivity index (χ1) is 8.27. The van der Waals surface area contributed by atoms with E-state index < -0.39 is 5.97 Å². The van der Waals surface area contributed by atoms with Crippen LogP contribution in [0.4, 0.5) is 0 Å². The molecule has 0 unspecified atom stereocenters. The third kappa shape index (κ3) is 15.4. The van der Waals surface area contributed by atoms with E-state index in [2.05, 4.69) is 12.2 Å².